The van der Waals surface area contributed by atoms with Crippen LogP contribution in [0.5, 0.6) is 0 Å². The van der Waals surface area contributed by atoms with Crippen LogP contribution in [-0.4, -0.2) is 29.2 Å². The minimum atomic E-state index is -0.436. The van der Waals surface area contributed by atoms with E-state index in [1.807, 2.05) is 12.1 Å². The van der Waals surface area contributed by atoms with E-state index < -0.39 is 5.90 Å². The van der Waals surface area contributed by atoms with Crippen LogP contribution in [0.15, 0.2) is 27.8 Å². The Kier molecular flexibility index (Phi) is 4.93. The molecule has 0 aromatic carbocycles. The quantitative estimate of drug-likeness (QED) is 0.406. The number of pyridine rings is 1. The largest absolute Gasteiger partial charge is 0.857 e. The third-order valence-corrected chi connectivity index (χ3v) is 5.73. The summed E-state index contributed by atoms with van der Waals surface area (Å²) in [5.41, 5.74) is 7.59. The fourth-order valence-electron chi connectivity index (χ4n) is 3.23. The third-order valence-electron chi connectivity index (χ3n) is 4.63. The zero-order valence-electron chi connectivity index (χ0n) is 15.2. The number of thiophene rings is 1. The van der Waals surface area contributed by atoms with Crippen molar-refractivity contribution in [2.75, 3.05) is 23.8 Å². The first-order valence-electron chi connectivity index (χ1n) is 9.23. The van der Waals surface area contributed by atoms with Crippen molar-refractivity contribution in [2.45, 2.75) is 39.0 Å². The molecule has 27 heavy (non-hydrogen) atoms. The third kappa shape index (κ3) is 3.59. The molecule has 1 aliphatic heterocycles. The molecule has 1 fully saturated rings. The molecule has 2 N–H and O–H groups in total. The molecule has 142 valence electrons. The highest BCUT2D eigenvalue weighted by atomic mass is 32.1. The van der Waals surface area contributed by atoms with Gasteiger partial charge in [0.05, 0.1) is 28.4 Å². The van der Waals surface area contributed by atoms with E-state index in [1.165, 1.54) is 17.8 Å². The van der Waals surface area contributed by atoms with Crippen molar-refractivity contribution in [1.82, 2.24) is 10.3 Å². The van der Waals surface area contributed by atoms with Gasteiger partial charge in [0.25, 0.3) is 6.20 Å². The lowest BCUT2D eigenvalue weighted by molar-refractivity contribution is -0.759. The van der Waals surface area contributed by atoms with Gasteiger partial charge in [0.1, 0.15) is 4.83 Å². The fourth-order valence-corrected chi connectivity index (χ4v) is 4.23. The molecule has 3 aromatic heterocycles. The number of rotatable bonds is 5. The van der Waals surface area contributed by atoms with Crippen LogP contribution >= 0.6 is 11.3 Å². The summed E-state index contributed by atoms with van der Waals surface area (Å²) in [5, 5.41) is 19.5. The Morgan fingerprint density at radius 2 is 2.19 bits per heavy atom. The zero-order chi connectivity index (χ0) is 18.8. The number of nitrogens with zero attached hydrogens (tertiary/aromatic N) is 5. The number of anilines is 1. The summed E-state index contributed by atoms with van der Waals surface area (Å²) >= 11 is 1.27. The van der Waals surface area contributed by atoms with Gasteiger partial charge >= 0.3 is 5.88 Å². The first kappa shape index (κ1) is 17.7. The molecule has 0 atom stereocenters. The van der Waals surface area contributed by atoms with E-state index in [2.05, 4.69) is 27.2 Å². The molecule has 4 rings (SSSR count). The van der Waals surface area contributed by atoms with Gasteiger partial charge in [0, 0.05) is 17.0 Å². The number of fused-ring (bicyclic) bond motifs is 1. The van der Waals surface area contributed by atoms with Gasteiger partial charge in [0.2, 0.25) is 5.27 Å². The van der Waals surface area contributed by atoms with Gasteiger partial charge in [-0.25, -0.2) is 9.98 Å². The molecule has 1 saturated heterocycles. The van der Waals surface area contributed by atoms with Gasteiger partial charge in [-0.3, -0.25) is 4.52 Å². The Labute approximate surface area is 160 Å². The van der Waals surface area contributed by atoms with Crippen LogP contribution in [0.4, 0.5) is 11.6 Å². The second kappa shape index (κ2) is 7.51. The average Bonchev–Trinajstić information content (AvgIpc) is 3.27. The molecule has 0 unspecified atom stereocenters. The van der Waals surface area contributed by atoms with E-state index in [1.54, 1.807) is 11.0 Å². The number of aliphatic imine (C=N–C) groups is 1. The number of aryl methyl sites for hydroxylation is 1. The minimum Gasteiger partial charge on any atom is -0.857 e. The van der Waals surface area contributed by atoms with Gasteiger partial charge in [-0.1, -0.05) is 13.3 Å². The van der Waals surface area contributed by atoms with Gasteiger partial charge in [-0.15, -0.1) is 11.3 Å². The van der Waals surface area contributed by atoms with E-state index in [-0.39, 0.29) is 5.88 Å². The Bertz CT molecular complexity index is 974. The maximum absolute atomic E-state index is 12.6. The van der Waals surface area contributed by atoms with Gasteiger partial charge in [-0.05, 0) is 37.8 Å². The highest BCUT2D eigenvalue weighted by Crippen LogP contribution is 2.33. The Hall–Kier alpha value is -2.68. The molecule has 8 nitrogen and oxygen atoms in total. The first-order valence-corrected chi connectivity index (χ1v) is 10.0. The molecule has 0 radical (unpaired) electrons. The number of nitrogens with two attached hydrogens (primary N) is 1. The Morgan fingerprint density at radius 3 is 2.96 bits per heavy atom. The summed E-state index contributed by atoms with van der Waals surface area (Å²) in [6, 6.07) is 3.88. The van der Waals surface area contributed by atoms with E-state index >= 15 is 0 Å². The van der Waals surface area contributed by atoms with Crippen molar-refractivity contribution < 1.29 is 14.4 Å². The van der Waals surface area contributed by atoms with Crippen LogP contribution in [0, 0.1) is 0 Å². The van der Waals surface area contributed by atoms with Crippen LogP contribution < -0.4 is 20.6 Å². The van der Waals surface area contributed by atoms with Crippen molar-refractivity contribution >= 4 is 39.0 Å². The van der Waals surface area contributed by atoms with Crippen molar-refractivity contribution in [1.29, 1.82) is 0 Å². The second-order valence-corrected chi connectivity index (χ2v) is 7.64. The molecule has 0 aliphatic carbocycles. The average molecular weight is 386 g/mol. The second-order valence-electron chi connectivity index (χ2n) is 6.64. The molecule has 0 amide bonds. The van der Waals surface area contributed by atoms with Crippen molar-refractivity contribution in [3.63, 3.8) is 0 Å². The van der Waals surface area contributed by atoms with E-state index in [4.69, 9.17) is 10.3 Å². The summed E-state index contributed by atoms with van der Waals surface area (Å²) in [5.74, 6) is -0.267. The Balaban J connectivity index is 1.61. The molecule has 0 spiro atoms. The van der Waals surface area contributed by atoms with Crippen LogP contribution in [0.1, 0.15) is 43.2 Å². The van der Waals surface area contributed by atoms with E-state index in [0.717, 1.165) is 54.7 Å². The number of aromatic nitrogens is 3. The molecule has 3 aromatic rings. The van der Waals surface area contributed by atoms with Crippen molar-refractivity contribution in [3.8, 4) is 0 Å². The number of hydrogen-bond donors (Lipinski definition) is 1. The highest BCUT2D eigenvalue weighted by molar-refractivity contribution is 7.21. The SMILES string of the molecule is CCCc1ccc2c(N)c(/C([O-])=N/c3c[n+](N4CCCCC4)no3)sc2n1. The van der Waals surface area contributed by atoms with Crippen LogP contribution in [0.3, 0.4) is 0 Å². The lowest BCUT2D eigenvalue weighted by atomic mass is 10.2. The molecule has 0 saturated carbocycles. The zero-order valence-corrected chi connectivity index (χ0v) is 16.0. The first-order chi connectivity index (χ1) is 13.2. The summed E-state index contributed by atoms with van der Waals surface area (Å²) in [6.07, 6.45) is 7.01. The number of hydrogen-bond acceptors (Lipinski definition) is 8. The smallest absolute Gasteiger partial charge is 0.324 e. The monoisotopic (exact) mass is 386 g/mol. The molecule has 4 heterocycles. The fraction of sp³-hybridized carbons (Fsp3) is 0.444. The number of nitrogen functional groups attached to an aromatic ring is 1. The van der Waals surface area contributed by atoms with Gasteiger partial charge < -0.3 is 10.8 Å². The normalized spacial score (nSPS) is 15.6. The summed E-state index contributed by atoms with van der Waals surface area (Å²) < 4.78 is 5.21. The predicted molar refractivity (Wildman–Crippen MR) is 103 cm³/mol. The number of piperidine rings is 1. The highest BCUT2D eigenvalue weighted by Gasteiger charge is 2.22. The summed E-state index contributed by atoms with van der Waals surface area (Å²) in [6.45, 7) is 3.94. The van der Waals surface area contributed by atoms with Gasteiger partial charge in [-0.2, -0.15) is 5.01 Å². The maximum atomic E-state index is 12.6. The van der Waals surface area contributed by atoms with Crippen LogP contribution in [0.2, 0.25) is 0 Å². The lowest BCUT2D eigenvalue weighted by Gasteiger charge is -2.17. The lowest BCUT2D eigenvalue weighted by Crippen LogP contribution is -2.60. The van der Waals surface area contributed by atoms with Crippen molar-refractivity contribution in [2.24, 2.45) is 4.99 Å². The van der Waals surface area contributed by atoms with E-state index in [9.17, 15) is 5.11 Å². The molecular weight excluding hydrogens is 364 g/mol. The molecule has 9 heteroatoms. The topological polar surface area (TPSA) is 107 Å². The van der Waals surface area contributed by atoms with Gasteiger partial charge in [0.15, 0.2) is 0 Å². The van der Waals surface area contributed by atoms with Crippen LogP contribution in [0.25, 0.3) is 10.2 Å². The maximum Gasteiger partial charge on any atom is 0.324 e. The predicted octanol–water partition coefficient (Wildman–Crippen LogP) is 1.67. The molecule has 0 bridgehead atoms. The van der Waals surface area contributed by atoms with E-state index in [0.29, 0.717) is 10.6 Å². The van der Waals surface area contributed by atoms with Crippen LogP contribution in [-0.2, 0) is 6.42 Å². The standard InChI is InChI=1S/C18H22N6O2S/c1-2-6-12-7-8-13-15(19)16(27-18(13)20-12)17(25)21-14-11-24(22-26-14)23-9-4-3-5-10-23/h7-8,11H,2-6,9-10H2,1H3,(H2-,19,21,22,25). The Morgan fingerprint density at radius 1 is 1.37 bits per heavy atom. The van der Waals surface area contributed by atoms with Crippen molar-refractivity contribution in [3.05, 3.63) is 28.9 Å². The summed E-state index contributed by atoms with van der Waals surface area (Å²) in [4.78, 5) is 11.4. The molecular formula is C18H22N6O2S. The summed E-state index contributed by atoms with van der Waals surface area (Å²) in [7, 11) is 0. The minimum absolute atomic E-state index is 0.169. The molecule has 1 aliphatic rings.